The molecule has 1 heteroatoms. The molecular weight excluding hydrogens is 256 g/mol. The first-order valence-corrected chi connectivity index (χ1v) is 7.60. The summed E-state index contributed by atoms with van der Waals surface area (Å²) in [5, 5.41) is 0. The van der Waals surface area contributed by atoms with Crippen molar-refractivity contribution in [3.05, 3.63) is 71.8 Å². The third-order valence-electron chi connectivity index (χ3n) is 4.68. The zero-order valence-electron chi connectivity index (χ0n) is 12.8. The summed E-state index contributed by atoms with van der Waals surface area (Å²) in [6.45, 7) is 2.37. The molecule has 0 heterocycles. The Morgan fingerprint density at radius 2 is 1.67 bits per heavy atom. The first-order valence-electron chi connectivity index (χ1n) is 7.60. The average Bonchev–Trinajstić information content (AvgIpc) is 2.56. The van der Waals surface area contributed by atoms with E-state index in [2.05, 4.69) is 67.6 Å². The summed E-state index contributed by atoms with van der Waals surface area (Å²) in [5.74, 6) is 0.929. The highest BCUT2D eigenvalue weighted by molar-refractivity contribution is 5.66. The molecule has 1 aliphatic rings. The molecule has 0 aromatic heterocycles. The normalized spacial score (nSPS) is 21.7. The molecule has 0 saturated heterocycles. The highest BCUT2D eigenvalue weighted by Crippen LogP contribution is 2.41. The molecule has 0 saturated carbocycles. The van der Waals surface area contributed by atoms with E-state index in [4.69, 9.17) is 4.74 Å². The Morgan fingerprint density at radius 1 is 0.952 bits per heavy atom. The fraction of sp³-hybridized carbons (Fsp3) is 0.300. The lowest BCUT2D eigenvalue weighted by Crippen LogP contribution is -2.24. The van der Waals surface area contributed by atoms with Crippen molar-refractivity contribution in [3.8, 4) is 5.75 Å². The van der Waals surface area contributed by atoms with Gasteiger partial charge in [-0.05, 0) is 53.5 Å². The lowest BCUT2D eigenvalue weighted by Gasteiger charge is -2.33. The average molecular weight is 278 g/mol. The van der Waals surface area contributed by atoms with E-state index < -0.39 is 0 Å². The van der Waals surface area contributed by atoms with E-state index >= 15 is 0 Å². The van der Waals surface area contributed by atoms with Gasteiger partial charge in [0.2, 0.25) is 0 Å². The largest absolute Gasteiger partial charge is 0.497 e. The van der Waals surface area contributed by atoms with Gasteiger partial charge in [-0.2, -0.15) is 0 Å². The van der Waals surface area contributed by atoms with Crippen LogP contribution in [0, 0.1) is 0 Å². The summed E-state index contributed by atoms with van der Waals surface area (Å²) in [7, 11) is 1.71. The summed E-state index contributed by atoms with van der Waals surface area (Å²) in [5.41, 5.74) is 4.51. The van der Waals surface area contributed by atoms with E-state index in [1.54, 1.807) is 7.11 Å². The third-order valence-corrected chi connectivity index (χ3v) is 4.68. The summed E-state index contributed by atoms with van der Waals surface area (Å²) < 4.78 is 5.25. The Kier molecular flexibility index (Phi) is 3.83. The van der Waals surface area contributed by atoms with Crippen molar-refractivity contribution < 1.29 is 4.74 Å². The van der Waals surface area contributed by atoms with Crippen molar-refractivity contribution in [2.24, 2.45) is 0 Å². The summed E-state index contributed by atoms with van der Waals surface area (Å²) in [4.78, 5) is 0. The minimum Gasteiger partial charge on any atom is -0.497 e. The summed E-state index contributed by atoms with van der Waals surface area (Å²) in [6.07, 6.45) is 5.86. The molecule has 3 rings (SSSR count). The number of hydrogen-bond donors (Lipinski definition) is 0. The molecule has 0 radical (unpaired) electrons. The molecule has 0 N–H and O–H groups in total. The van der Waals surface area contributed by atoms with E-state index in [9.17, 15) is 0 Å². The molecule has 1 nitrogen and oxygen atoms in total. The molecule has 0 aliphatic heterocycles. The van der Waals surface area contributed by atoms with Crippen LogP contribution in [0.5, 0.6) is 5.75 Å². The molecule has 0 bridgehead atoms. The van der Waals surface area contributed by atoms with Crippen LogP contribution < -0.4 is 4.74 Å². The second-order valence-electron chi connectivity index (χ2n) is 6.09. The van der Waals surface area contributed by atoms with Crippen molar-refractivity contribution in [3.63, 3.8) is 0 Å². The van der Waals surface area contributed by atoms with Crippen molar-refractivity contribution >= 4 is 5.57 Å². The van der Waals surface area contributed by atoms with Gasteiger partial charge < -0.3 is 4.74 Å². The van der Waals surface area contributed by atoms with Gasteiger partial charge in [-0.15, -0.1) is 0 Å². The van der Waals surface area contributed by atoms with Crippen LogP contribution in [0.25, 0.3) is 5.57 Å². The number of allylic oxidation sites excluding steroid dienone is 2. The predicted octanol–water partition coefficient (Wildman–Crippen LogP) is 5.22. The SMILES string of the molecule is COc1ccc([C@]2(C)CC=C(c3ccccc3)CC2)cc1. The molecule has 108 valence electrons. The topological polar surface area (TPSA) is 9.23 Å². The van der Waals surface area contributed by atoms with Crippen molar-refractivity contribution in [1.29, 1.82) is 0 Å². The number of methoxy groups -OCH3 is 1. The van der Waals surface area contributed by atoms with Crippen molar-refractivity contribution in [1.82, 2.24) is 0 Å². The Balaban J connectivity index is 1.81. The molecule has 0 amide bonds. The van der Waals surface area contributed by atoms with Crippen LogP contribution in [0.4, 0.5) is 0 Å². The minimum atomic E-state index is 0.241. The number of ether oxygens (including phenoxy) is 1. The highest BCUT2D eigenvalue weighted by Gasteiger charge is 2.29. The lowest BCUT2D eigenvalue weighted by atomic mass is 9.71. The van der Waals surface area contributed by atoms with Gasteiger partial charge in [-0.1, -0.05) is 55.5 Å². The Morgan fingerprint density at radius 3 is 2.24 bits per heavy atom. The number of hydrogen-bond acceptors (Lipinski definition) is 1. The zero-order valence-corrected chi connectivity index (χ0v) is 12.8. The molecule has 0 fully saturated rings. The van der Waals surface area contributed by atoms with Gasteiger partial charge in [0, 0.05) is 0 Å². The molecule has 0 unspecified atom stereocenters. The quantitative estimate of drug-likeness (QED) is 0.748. The van der Waals surface area contributed by atoms with Crippen LogP contribution >= 0.6 is 0 Å². The Bertz CT molecular complexity index is 625. The van der Waals surface area contributed by atoms with Gasteiger partial charge in [-0.25, -0.2) is 0 Å². The lowest BCUT2D eigenvalue weighted by molar-refractivity contribution is 0.410. The molecule has 2 aromatic carbocycles. The van der Waals surface area contributed by atoms with Crippen LogP contribution in [0.2, 0.25) is 0 Å². The second-order valence-corrected chi connectivity index (χ2v) is 6.09. The van der Waals surface area contributed by atoms with Crippen LogP contribution in [0.1, 0.15) is 37.3 Å². The predicted molar refractivity (Wildman–Crippen MR) is 88.6 cm³/mol. The first-order chi connectivity index (χ1) is 10.2. The molecule has 1 atom stereocenters. The van der Waals surface area contributed by atoms with Gasteiger partial charge in [0.15, 0.2) is 0 Å². The zero-order chi connectivity index (χ0) is 14.7. The molecule has 1 aliphatic carbocycles. The maximum atomic E-state index is 5.25. The molecule has 2 aromatic rings. The monoisotopic (exact) mass is 278 g/mol. The summed E-state index contributed by atoms with van der Waals surface area (Å²) >= 11 is 0. The maximum absolute atomic E-state index is 5.25. The fourth-order valence-corrected chi connectivity index (χ4v) is 3.13. The van der Waals surface area contributed by atoms with Gasteiger partial charge in [0.25, 0.3) is 0 Å². The van der Waals surface area contributed by atoms with E-state index in [0.29, 0.717) is 0 Å². The van der Waals surface area contributed by atoms with Gasteiger partial charge >= 0.3 is 0 Å². The van der Waals surface area contributed by atoms with Crippen molar-refractivity contribution in [2.75, 3.05) is 7.11 Å². The van der Waals surface area contributed by atoms with E-state index in [1.165, 1.54) is 23.1 Å². The number of rotatable bonds is 3. The van der Waals surface area contributed by atoms with Crippen LogP contribution in [-0.2, 0) is 5.41 Å². The van der Waals surface area contributed by atoms with Gasteiger partial charge in [0.05, 0.1) is 7.11 Å². The molecule has 21 heavy (non-hydrogen) atoms. The second kappa shape index (κ2) is 5.77. The molecular formula is C20H22O. The van der Waals surface area contributed by atoms with Crippen LogP contribution in [0.15, 0.2) is 60.7 Å². The third kappa shape index (κ3) is 2.87. The van der Waals surface area contributed by atoms with E-state index in [-0.39, 0.29) is 5.41 Å². The van der Waals surface area contributed by atoms with Crippen LogP contribution in [-0.4, -0.2) is 7.11 Å². The van der Waals surface area contributed by atoms with Gasteiger partial charge in [-0.3, -0.25) is 0 Å². The highest BCUT2D eigenvalue weighted by atomic mass is 16.5. The summed E-state index contributed by atoms with van der Waals surface area (Å²) in [6, 6.07) is 19.3. The standard InChI is InChI=1S/C20H22O/c1-20(18-8-10-19(21-2)11-9-18)14-12-17(13-15-20)16-6-4-3-5-7-16/h3-12H,13-15H2,1-2H3/t20-/m1/s1. The first kappa shape index (κ1) is 13.9. The molecule has 0 spiro atoms. The van der Waals surface area contributed by atoms with E-state index in [0.717, 1.165) is 18.6 Å². The maximum Gasteiger partial charge on any atom is 0.118 e. The Labute approximate surface area is 127 Å². The van der Waals surface area contributed by atoms with Gasteiger partial charge in [0.1, 0.15) is 5.75 Å². The minimum absolute atomic E-state index is 0.241. The Hall–Kier alpha value is -2.02. The fourth-order valence-electron chi connectivity index (χ4n) is 3.13. The number of benzene rings is 2. The van der Waals surface area contributed by atoms with Crippen molar-refractivity contribution in [2.45, 2.75) is 31.6 Å². The smallest absolute Gasteiger partial charge is 0.118 e. The van der Waals surface area contributed by atoms with E-state index in [1.807, 2.05) is 0 Å². The van der Waals surface area contributed by atoms with Crippen LogP contribution in [0.3, 0.4) is 0 Å².